The van der Waals surface area contributed by atoms with Crippen LogP contribution in [0.4, 0.5) is 13.2 Å². The highest BCUT2D eigenvalue weighted by molar-refractivity contribution is 5.38. The molecule has 3 nitrogen and oxygen atoms in total. The number of hydrogen-bond acceptors (Lipinski definition) is 2. The number of benzene rings is 1. The fourth-order valence-electron chi connectivity index (χ4n) is 2.27. The molecule has 0 fully saturated rings. The first-order valence-electron chi connectivity index (χ1n) is 6.16. The van der Waals surface area contributed by atoms with Crippen LogP contribution in [0.2, 0.25) is 0 Å². The van der Waals surface area contributed by atoms with Gasteiger partial charge in [-0.15, -0.1) is 0 Å². The zero-order valence-corrected chi connectivity index (χ0v) is 11.5. The fourth-order valence-corrected chi connectivity index (χ4v) is 2.27. The van der Waals surface area contributed by atoms with Crippen LogP contribution in [0, 0.1) is 6.92 Å². The molecule has 2 aromatic rings. The molecule has 0 bridgehead atoms. The maximum absolute atomic E-state index is 12.7. The van der Waals surface area contributed by atoms with E-state index in [1.165, 1.54) is 12.1 Å². The average Bonchev–Trinajstić information content (AvgIpc) is 2.77. The van der Waals surface area contributed by atoms with E-state index in [4.69, 9.17) is 0 Å². The van der Waals surface area contributed by atoms with E-state index in [2.05, 4.69) is 10.4 Å². The summed E-state index contributed by atoms with van der Waals surface area (Å²) in [6.45, 7) is 1.69. The molecule has 1 aromatic heterocycles. The zero-order chi connectivity index (χ0) is 14.9. The molecular formula is C14H16F3N3. The van der Waals surface area contributed by atoms with Gasteiger partial charge in [0.25, 0.3) is 0 Å². The third-order valence-electron chi connectivity index (χ3n) is 3.25. The highest BCUT2D eigenvalue weighted by Crippen LogP contribution is 2.32. The van der Waals surface area contributed by atoms with E-state index in [1.54, 1.807) is 31.9 Å². The number of rotatable bonds is 3. The lowest BCUT2D eigenvalue weighted by Crippen LogP contribution is -2.19. The van der Waals surface area contributed by atoms with Gasteiger partial charge in [0.2, 0.25) is 0 Å². The van der Waals surface area contributed by atoms with Crippen LogP contribution in [0.3, 0.4) is 0 Å². The SMILES string of the molecule is CNC(c1cnn(C)c1)c1ccc(C(F)(F)F)cc1C. The van der Waals surface area contributed by atoms with E-state index < -0.39 is 11.7 Å². The molecule has 0 spiro atoms. The van der Waals surface area contributed by atoms with Crippen LogP contribution in [-0.4, -0.2) is 16.8 Å². The quantitative estimate of drug-likeness (QED) is 0.938. The molecule has 0 amide bonds. The number of hydrogen-bond donors (Lipinski definition) is 1. The van der Waals surface area contributed by atoms with Gasteiger partial charge < -0.3 is 5.32 Å². The maximum Gasteiger partial charge on any atom is 0.416 e. The van der Waals surface area contributed by atoms with Gasteiger partial charge in [-0.25, -0.2) is 0 Å². The van der Waals surface area contributed by atoms with E-state index in [0.717, 1.165) is 17.2 Å². The average molecular weight is 283 g/mol. The number of nitrogens with one attached hydrogen (secondary N) is 1. The topological polar surface area (TPSA) is 29.9 Å². The molecule has 1 unspecified atom stereocenters. The molecule has 0 aliphatic rings. The predicted molar refractivity (Wildman–Crippen MR) is 70.3 cm³/mol. The predicted octanol–water partition coefficient (Wildman–Crippen LogP) is 3.06. The van der Waals surface area contributed by atoms with Gasteiger partial charge in [-0.05, 0) is 37.2 Å². The van der Waals surface area contributed by atoms with Crippen LogP contribution >= 0.6 is 0 Å². The minimum atomic E-state index is -4.31. The Hall–Kier alpha value is -1.82. The minimum absolute atomic E-state index is 0.175. The molecular weight excluding hydrogens is 267 g/mol. The van der Waals surface area contributed by atoms with Gasteiger partial charge in [0, 0.05) is 18.8 Å². The third kappa shape index (κ3) is 2.85. The molecule has 6 heteroatoms. The van der Waals surface area contributed by atoms with Crippen molar-refractivity contribution >= 4 is 0 Å². The normalized spacial score (nSPS) is 13.5. The van der Waals surface area contributed by atoms with Gasteiger partial charge >= 0.3 is 6.18 Å². The molecule has 1 atom stereocenters. The van der Waals surface area contributed by atoms with Crippen LogP contribution in [0.25, 0.3) is 0 Å². The molecule has 0 radical (unpaired) electrons. The lowest BCUT2D eigenvalue weighted by Gasteiger charge is -2.19. The second-order valence-corrected chi connectivity index (χ2v) is 4.74. The molecule has 1 heterocycles. The molecule has 0 aliphatic heterocycles. The first-order valence-corrected chi connectivity index (χ1v) is 6.16. The Morgan fingerprint density at radius 3 is 2.45 bits per heavy atom. The summed E-state index contributed by atoms with van der Waals surface area (Å²) in [6.07, 6.45) is -0.761. The highest BCUT2D eigenvalue weighted by Gasteiger charge is 2.31. The van der Waals surface area contributed by atoms with Crippen LogP contribution in [0.5, 0.6) is 0 Å². The number of aromatic nitrogens is 2. The minimum Gasteiger partial charge on any atom is -0.309 e. The highest BCUT2D eigenvalue weighted by atomic mass is 19.4. The van der Waals surface area contributed by atoms with Crippen LogP contribution in [0.1, 0.15) is 28.3 Å². The molecule has 1 N–H and O–H groups in total. The summed E-state index contributed by atoms with van der Waals surface area (Å²) in [5.74, 6) is 0. The summed E-state index contributed by atoms with van der Waals surface area (Å²) in [5, 5.41) is 7.21. The van der Waals surface area contributed by atoms with Crippen LogP contribution < -0.4 is 5.32 Å². The second kappa shape index (κ2) is 5.28. The van der Waals surface area contributed by atoms with E-state index in [-0.39, 0.29) is 6.04 Å². The summed E-state index contributed by atoms with van der Waals surface area (Å²) in [5.41, 5.74) is 1.70. The lowest BCUT2D eigenvalue weighted by molar-refractivity contribution is -0.137. The maximum atomic E-state index is 12.7. The molecule has 2 rings (SSSR count). The van der Waals surface area contributed by atoms with E-state index in [0.29, 0.717) is 5.56 Å². The van der Waals surface area contributed by atoms with E-state index in [1.807, 2.05) is 6.20 Å². The Bertz CT molecular complexity index is 602. The molecule has 0 aliphatic carbocycles. The Balaban J connectivity index is 2.41. The van der Waals surface area contributed by atoms with Crippen molar-refractivity contribution in [3.05, 3.63) is 52.8 Å². The van der Waals surface area contributed by atoms with Gasteiger partial charge in [0.15, 0.2) is 0 Å². The summed E-state index contributed by atoms with van der Waals surface area (Å²) < 4.78 is 39.7. The zero-order valence-electron chi connectivity index (χ0n) is 11.5. The number of nitrogens with zero attached hydrogens (tertiary/aromatic N) is 2. The van der Waals surface area contributed by atoms with Gasteiger partial charge in [-0.3, -0.25) is 4.68 Å². The Morgan fingerprint density at radius 1 is 1.30 bits per heavy atom. The van der Waals surface area contributed by atoms with Crippen molar-refractivity contribution in [3.63, 3.8) is 0 Å². The van der Waals surface area contributed by atoms with Crippen molar-refractivity contribution in [2.75, 3.05) is 7.05 Å². The third-order valence-corrected chi connectivity index (χ3v) is 3.25. The second-order valence-electron chi connectivity index (χ2n) is 4.74. The van der Waals surface area contributed by atoms with Crippen molar-refractivity contribution in [3.8, 4) is 0 Å². The largest absolute Gasteiger partial charge is 0.416 e. The smallest absolute Gasteiger partial charge is 0.309 e. The molecule has 0 saturated carbocycles. The van der Waals surface area contributed by atoms with Gasteiger partial charge in [0.1, 0.15) is 0 Å². The van der Waals surface area contributed by atoms with Crippen molar-refractivity contribution < 1.29 is 13.2 Å². The van der Waals surface area contributed by atoms with Crippen molar-refractivity contribution in [2.24, 2.45) is 7.05 Å². The summed E-state index contributed by atoms with van der Waals surface area (Å²) in [6, 6.07) is 3.64. The molecule has 1 aromatic carbocycles. The standard InChI is InChI=1S/C14H16F3N3/c1-9-6-11(14(15,16)17)4-5-12(9)13(18-2)10-7-19-20(3)8-10/h4-8,13,18H,1-3H3. The first-order chi connectivity index (χ1) is 9.32. The van der Waals surface area contributed by atoms with Crippen molar-refractivity contribution in [1.82, 2.24) is 15.1 Å². The summed E-state index contributed by atoms with van der Waals surface area (Å²) in [4.78, 5) is 0. The Kier molecular flexibility index (Phi) is 3.85. The van der Waals surface area contributed by atoms with Gasteiger partial charge in [-0.1, -0.05) is 6.07 Å². The van der Waals surface area contributed by atoms with Gasteiger partial charge in [0.05, 0.1) is 17.8 Å². The summed E-state index contributed by atoms with van der Waals surface area (Å²) in [7, 11) is 3.57. The van der Waals surface area contributed by atoms with Crippen molar-refractivity contribution in [1.29, 1.82) is 0 Å². The van der Waals surface area contributed by atoms with Crippen molar-refractivity contribution in [2.45, 2.75) is 19.1 Å². The van der Waals surface area contributed by atoms with Crippen LogP contribution in [-0.2, 0) is 13.2 Å². The van der Waals surface area contributed by atoms with Gasteiger partial charge in [-0.2, -0.15) is 18.3 Å². The number of halogens is 3. The number of alkyl halides is 3. The first kappa shape index (κ1) is 14.6. The van der Waals surface area contributed by atoms with Crippen LogP contribution in [0.15, 0.2) is 30.6 Å². The Labute approximate surface area is 115 Å². The Morgan fingerprint density at radius 2 is 2.00 bits per heavy atom. The molecule has 0 saturated heterocycles. The molecule has 20 heavy (non-hydrogen) atoms. The lowest BCUT2D eigenvalue weighted by atomic mass is 9.95. The van der Waals surface area contributed by atoms with E-state index >= 15 is 0 Å². The summed E-state index contributed by atoms with van der Waals surface area (Å²) >= 11 is 0. The fraction of sp³-hybridized carbons (Fsp3) is 0.357. The molecule has 108 valence electrons. The monoisotopic (exact) mass is 283 g/mol. The number of aryl methyl sites for hydroxylation is 2. The van der Waals surface area contributed by atoms with E-state index in [9.17, 15) is 13.2 Å².